The van der Waals surface area contributed by atoms with Crippen LogP contribution in [0.25, 0.3) is 17.0 Å². The lowest BCUT2D eigenvalue weighted by Crippen LogP contribution is -2.37. The van der Waals surface area contributed by atoms with Crippen molar-refractivity contribution in [2.45, 2.75) is 17.6 Å². The molecular formula is C22H21ClN3O2S2+. The van der Waals surface area contributed by atoms with Gasteiger partial charge in [-0.1, -0.05) is 50.3 Å². The standard InChI is InChI=1S/C22H21ClN3O2S2/c1-14-19(13-29-30-21-7-5-4-6-16(21)23)26(11-10-20(14)28-3)22-24-17-9-8-15(27-2)12-18(17)25-22/h4-12H,13H2,1-3H3,(H,24,25)/q+1. The summed E-state index contributed by atoms with van der Waals surface area (Å²) in [6.07, 6.45) is 1.98. The van der Waals surface area contributed by atoms with Gasteiger partial charge in [0.1, 0.15) is 22.7 Å². The number of imidazole rings is 1. The molecule has 2 aromatic carbocycles. The number of aromatic nitrogens is 3. The number of aromatic amines is 1. The molecule has 2 heterocycles. The van der Waals surface area contributed by atoms with Gasteiger partial charge in [-0.15, -0.1) is 0 Å². The van der Waals surface area contributed by atoms with Gasteiger partial charge >= 0.3 is 5.95 Å². The molecule has 154 valence electrons. The number of methoxy groups -OCH3 is 2. The highest BCUT2D eigenvalue weighted by molar-refractivity contribution is 8.76. The number of hydrogen-bond donors (Lipinski definition) is 1. The molecule has 0 atom stereocenters. The van der Waals surface area contributed by atoms with Crippen LogP contribution >= 0.6 is 33.2 Å². The van der Waals surface area contributed by atoms with Gasteiger partial charge in [-0.25, -0.2) is 9.55 Å². The molecule has 0 unspecified atom stereocenters. The van der Waals surface area contributed by atoms with Crippen LogP contribution in [0.15, 0.2) is 59.6 Å². The summed E-state index contributed by atoms with van der Waals surface area (Å²) in [5.74, 6) is 3.14. The van der Waals surface area contributed by atoms with Gasteiger partial charge in [-0.3, -0.25) is 0 Å². The maximum absolute atomic E-state index is 6.30. The normalized spacial score (nSPS) is 11.1. The molecule has 0 amide bonds. The number of halogens is 1. The van der Waals surface area contributed by atoms with E-state index in [4.69, 9.17) is 26.1 Å². The Morgan fingerprint density at radius 3 is 2.70 bits per heavy atom. The van der Waals surface area contributed by atoms with Crippen molar-refractivity contribution in [2.24, 2.45) is 0 Å². The first-order chi connectivity index (χ1) is 14.6. The topological polar surface area (TPSA) is 51.0 Å². The van der Waals surface area contributed by atoms with Crippen LogP contribution in [0.3, 0.4) is 0 Å². The largest absolute Gasteiger partial charge is 0.497 e. The van der Waals surface area contributed by atoms with Gasteiger partial charge in [-0.05, 0) is 31.2 Å². The monoisotopic (exact) mass is 458 g/mol. The average molecular weight is 459 g/mol. The molecule has 0 saturated heterocycles. The quantitative estimate of drug-likeness (QED) is 0.282. The van der Waals surface area contributed by atoms with Crippen LogP contribution in [0.4, 0.5) is 0 Å². The van der Waals surface area contributed by atoms with Crippen LogP contribution in [0, 0.1) is 6.92 Å². The number of fused-ring (bicyclic) bond motifs is 1. The Morgan fingerprint density at radius 1 is 1.10 bits per heavy atom. The zero-order valence-electron chi connectivity index (χ0n) is 16.8. The lowest BCUT2D eigenvalue weighted by atomic mass is 10.2. The number of benzene rings is 2. The van der Waals surface area contributed by atoms with Gasteiger partial charge in [0, 0.05) is 22.6 Å². The molecule has 1 N–H and O–H groups in total. The fraction of sp³-hybridized carbons (Fsp3) is 0.182. The molecule has 0 spiro atoms. The van der Waals surface area contributed by atoms with E-state index < -0.39 is 0 Å². The highest BCUT2D eigenvalue weighted by atomic mass is 35.5. The number of pyridine rings is 1. The SMILES string of the molecule is COc1ccc2nc(-[n+]3ccc(OC)c(C)c3CSSc3ccccc3Cl)[nH]c2c1. The number of ether oxygens (including phenoxy) is 2. The van der Waals surface area contributed by atoms with E-state index in [1.807, 2.05) is 54.7 Å². The van der Waals surface area contributed by atoms with Crippen molar-refractivity contribution >= 4 is 44.2 Å². The Hall–Kier alpha value is -2.35. The Balaban J connectivity index is 1.68. The van der Waals surface area contributed by atoms with Crippen LogP contribution < -0.4 is 14.0 Å². The van der Waals surface area contributed by atoms with Crippen molar-refractivity contribution in [1.82, 2.24) is 9.97 Å². The first kappa shape index (κ1) is 20.9. The van der Waals surface area contributed by atoms with Crippen molar-refractivity contribution in [1.29, 1.82) is 0 Å². The minimum atomic E-state index is 0.749. The summed E-state index contributed by atoms with van der Waals surface area (Å²) in [6.45, 7) is 2.07. The van der Waals surface area contributed by atoms with E-state index in [1.165, 1.54) is 0 Å². The van der Waals surface area contributed by atoms with E-state index in [2.05, 4.69) is 16.5 Å². The molecule has 0 aliphatic rings. The van der Waals surface area contributed by atoms with Gasteiger partial charge < -0.3 is 9.47 Å². The second kappa shape index (κ2) is 9.20. The summed E-state index contributed by atoms with van der Waals surface area (Å²) in [5, 5.41) is 0.761. The lowest BCUT2D eigenvalue weighted by Gasteiger charge is -2.12. The summed E-state index contributed by atoms with van der Waals surface area (Å²) in [5.41, 5.74) is 3.99. The van der Waals surface area contributed by atoms with E-state index >= 15 is 0 Å². The maximum atomic E-state index is 6.30. The van der Waals surface area contributed by atoms with E-state index in [1.54, 1.807) is 35.8 Å². The molecule has 8 heteroatoms. The zero-order valence-corrected chi connectivity index (χ0v) is 19.2. The van der Waals surface area contributed by atoms with Crippen LogP contribution in [0.2, 0.25) is 5.02 Å². The predicted molar refractivity (Wildman–Crippen MR) is 124 cm³/mol. The summed E-state index contributed by atoms with van der Waals surface area (Å²) in [4.78, 5) is 9.22. The molecular weight excluding hydrogens is 438 g/mol. The van der Waals surface area contributed by atoms with Crippen LogP contribution in [0.1, 0.15) is 11.3 Å². The number of nitrogens with zero attached hydrogens (tertiary/aromatic N) is 2. The molecule has 0 aliphatic heterocycles. The molecule has 0 fully saturated rings. The van der Waals surface area contributed by atoms with E-state index in [-0.39, 0.29) is 0 Å². The molecule has 5 nitrogen and oxygen atoms in total. The number of hydrogen-bond acceptors (Lipinski definition) is 5. The van der Waals surface area contributed by atoms with Crippen molar-refractivity contribution in [3.05, 3.63) is 71.0 Å². The lowest BCUT2D eigenvalue weighted by molar-refractivity contribution is -0.610. The smallest absolute Gasteiger partial charge is 0.402 e. The van der Waals surface area contributed by atoms with Crippen molar-refractivity contribution in [3.63, 3.8) is 0 Å². The Bertz CT molecular complexity index is 1200. The molecule has 4 aromatic rings. The highest BCUT2D eigenvalue weighted by Gasteiger charge is 2.21. The van der Waals surface area contributed by atoms with E-state index in [0.717, 1.165) is 55.4 Å². The first-order valence-corrected chi connectivity index (χ1v) is 12.0. The first-order valence-electron chi connectivity index (χ1n) is 9.27. The summed E-state index contributed by atoms with van der Waals surface area (Å²) >= 11 is 6.30. The third kappa shape index (κ3) is 4.24. The van der Waals surface area contributed by atoms with E-state index in [0.29, 0.717) is 0 Å². The molecule has 0 bridgehead atoms. The molecule has 0 saturated carbocycles. The van der Waals surface area contributed by atoms with Crippen LogP contribution in [0.5, 0.6) is 11.5 Å². The van der Waals surface area contributed by atoms with Crippen molar-refractivity contribution in [2.75, 3.05) is 14.2 Å². The molecule has 30 heavy (non-hydrogen) atoms. The highest BCUT2D eigenvalue weighted by Crippen LogP contribution is 2.38. The average Bonchev–Trinajstić information content (AvgIpc) is 3.19. The molecule has 0 radical (unpaired) electrons. The second-order valence-electron chi connectivity index (χ2n) is 6.55. The molecule has 4 rings (SSSR count). The maximum Gasteiger partial charge on any atom is 0.402 e. The fourth-order valence-corrected chi connectivity index (χ4v) is 5.81. The fourth-order valence-electron chi connectivity index (χ4n) is 3.15. The Morgan fingerprint density at radius 2 is 1.93 bits per heavy atom. The van der Waals surface area contributed by atoms with Crippen LogP contribution in [-0.4, -0.2) is 24.2 Å². The zero-order chi connectivity index (χ0) is 21.1. The number of H-pyrrole nitrogens is 1. The van der Waals surface area contributed by atoms with Gasteiger partial charge in [0.2, 0.25) is 0 Å². The Labute approximate surface area is 188 Å². The minimum Gasteiger partial charge on any atom is -0.497 e. The van der Waals surface area contributed by atoms with E-state index in [9.17, 15) is 0 Å². The van der Waals surface area contributed by atoms with Gasteiger partial charge in [0.05, 0.1) is 31.2 Å². The molecule has 2 aromatic heterocycles. The van der Waals surface area contributed by atoms with Gasteiger partial charge in [0.25, 0.3) is 0 Å². The van der Waals surface area contributed by atoms with Crippen molar-refractivity contribution < 1.29 is 14.0 Å². The Kier molecular flexibility index (Phi) is 6.41. The number of rotatable bonds is 7. The van der Waals surface area contributed by atoms with Gasteiger partial charge in [0.15, 0.2) is 5.52 Å². The number of nitrogens with one attached hydrogen (secondary N) is 1. The predicted octanol–water partition coefficient (Wildman–Crippen LogP) is 5.76. The third-order valence-corrected chi connectivity index (χ3v) is 7.51. The summed E-state index contributed by atoms with van der Waals surface area (Å²) < 4.78 is 13.0. The minimum absolute atomic E-state index is 0.749. The molecule has 0 aliphatic carbocycles. The third-order valence-electron chi connectivity index (χ3n) is 4.77. The summed E-state index contributed by atoms with van der Waals surface area (Å²) in [6, 6.07) is 15.6. The van der Waals surface area contributed by atoms with Crippen LogP contribution in [-0.2, 0) is 5.75 Å². The van der Waals surface area contributed by atoms with Gasteiger partial charge in [-0.2, -0.15) is 0 Å². The second-order valence-corrected chi connectivity index (χ2v) is 9.29. The summed E-state index contributed by atoms with van der Waals surface area (Å²) in [7, 11) is 6.73. The van der Waals surface area contributed by atoms with Crippen molar-refractivity contribution in [3.8, 4) is 17.4 Å².